The normalized spacial score (nSPS) is 13.6. The van der Waals surface area contributed by atoms with Crippen LogP contribution in [0.3, 0.4) is 0 Å². The molecule has 2 aromatic carbocycles. The van der Waals surface area contributed by atoms with Crippen LogP contribution in [0.5, 0.6) is 5.75 Å². The van der Waals surface area contributed by atoms with Gasteiger partial charge in [0.1, 0.15) is 11.9 Å². The zero-order valence-corrected chi connectivity index (χ0v) is 12.3. The highest BCUT2D eigenvalue weighted by Gasteiger charge is 2.32. The molecule has 1 atom stereocenters. The number of hydrogen-bond donors (Lipinski definition) is 1. The molecule has 0 aromatic heterocycles. The third-order valence-corrected chi connectivity index (χ3v) is 3.25. The lowest BCUT2D eigenvalue weighted by atomic mass is 10.00. The summed E-state index contributed by atoms with van der Waals surface area (Å²) in [5.74, 6) is -0.423. The lowest BCUT2D eigenvalue weighted by molar-refractivity contribution is -0.274. The van der Waals surface area contributed by atoms with Crippen molar-refractivity contribution >= 4 is 0 Å². The second kappa shape index (κ2) is 6.74. The minimum atomic E-state index is -4.80. The number of alkyl halides is 5. The summed E-state index contributed by atoms with van der Waals surface area (Å²) in [7, 11) is 0.868. The van der Waals surface area contributed by atoms with E-state index >= 15 is 0 Å². The van der Waals surface area contributed by atoms with Crippen molar-refractivity contribution in [2.75, 3.05) is 7.11 Å². The zero-order chi connectivity index (χ0) is 18.0. The van der Waals surface area contributed by atoms with E-state index in [0.717, 1.165) is 31.4 Å². The Hall–Kier alpha value is -2.19. The number of ether oxygens (including phenoxy) is 2. The van der Waals surface area contributed by atoms with Crippen LogP contribution in [-0.4, -0.2) is 18.6 Å². The largest absolute Gasteiger partial charge is 0.573 e. The van der Waals surface area contributed by atoms with E-state index in [0.29, 0.717) is 5.56 Å². The second-order valence-electron chi connectivity index (χ2n) is 4.86. The van der Waals surface area contributed by atoms with E-state index in [1.807, 2.05) is 0 Å². The lowest BCUT2D eigenvalue weighted by Gasteiger charge is -2.16. The van der Waals surface area contributed by atoms with E-state index < -0.39 is 24.3 Å². The first kappa shape index (κ1) is 18.2. The molecule has 0 aliphatic rings. The average Bonchev–Trinajstić information content (AvgIpc) is 2.53. The summed E-state index contributed by atoms with van der Waals surface area (Å²) in [6.45, 7) is 0. The van der Waals surface area contributed by atoms with E-state index in [2.05, 4.69) is 9.47 Å². The quantitative estimate of drug-likeness (QED) is 0.816. The summed E-state index contributed by atoms with van der Waals surface area (Å²) in [6, 6.07) is 9.39. The number of aliphatic hydroxyl groups is 1. The van der Waals surface area contributed by atoms with Crippen molar-refractivity contribution in [3.63, 3.8) is 0 Å². The smallest absolute Gasteiger partial charge is 0.406 e. The second-order valence-corrected chi connectivity index (χ2v) is 4.86. The molecule has 8 heteroatoms. The Morgan fingerprint density at radius 1 is 0.833 bits per heavy atom. The van der Waals surface area contributed by atoms with Crippen LogP contribution < -0.4 is 4.74 Å². The van der Waals surface area contributed by atoms with Crippen molar-refractivity contribution in [1.82, 2.24) is 0 Å². The van der Waals surface area contributed by atoms with Crippen molar-refractivity contribution in [2.45, 2.75) is 18.6 Å². The highest BCUT2D eigenvalue weighted by atomic mass is 19.4. The zero-order valence-electron chi connectivity index (χ0n) is 12.3. The number of benzene rings is 2. The van der Waals surface area contributed by atoms with Gasteiger partial charge in [-0.1, -0.05) is 24.3 Å². The Morgan fingerprint density at radius 3 is 1.71 bits per heavy atom. The van der Waals surface area contributed by atoms with Crippen molar-refractivity contribution in [2.24, 2.45) is 0 Å². The molecular formula is C16H13F5O3. The molecule has 0 saturated carbocycles. The Bertz CT molecular complexity index is 666. The van der Waals surface area contributed by atoms with Crippen molar-refractivity contribution in [1.29, 1.82) is 0 Å². The van der Waals surface area contributed by atoms with Gasteiger partial charge in [-0.2, -0.15) is 8.78 Å². The SMILES string of the molecule is COC(F)(F)c1ccc(C(O)c2ccc(OC(F)(F)F)cc2)cc1. The van der Waals surface area contributed by atoms with E-state index in [-0.39, 0.29) is 11.1 Å². The fourth-order valence-corrected chi connectivity index (χ4v) is 2.02. The maximum Gasteiger partial charge on any atom is 0.573 e. The molecule has 0 heterocycles. The van der Waals surface area contributed by atoms with Crippen LogP contribution in [0.1, 0.15) is 22.8 Å². The van der Waals surface area contributed by atoms with Gasteiger partial charge in [-0.25, -0.2) is 0 Å². The molecule has 0 fully saturated rings. The monoisotopic (exact) mass is 348 g/mol. The Labute approximate surface area is 134 Å². The van der Waals surface area contributed by atoms with Gasteiger partial charge in [0, 0.05) is 7.11 Å². The van der Waals surface area contributed by atoms with Crippen LogP contribution in [-0.2, 0) is 10.8 Å². The first-order valence-electron chi connectivity index (χ1n) is 6.69. The summed E-state index contributed by atoms with van der Waals surface area (Å²) >= 11 is 0. The van der Waals surface area contributed by atoms with Gasteiger partial charge in [-0.15, -0.1) is 13.2 Å². The maximum absolute atomic E-state index is 13.3. The number of aliphatic hydroxyl groups excluding tert-OH is 1. The lowest BCUT2D eigenvalue weighted by Crippen LogP contribution is -2.17. The van der Waals surface area contributed by atoms with Gasteiger partial charge < -0.3 is 14.6 Å². The van der Waals surface area contributed by atoms with E-state index in [1.54, 1.807) is 0 Å². The molecule has 0 aliphatic carbocycles. The van der Waals surface area contributed by atoms with Crippen LogP contribution in [0.2, 0.25) is 0 Å². The average molecular weight is 348 g/mol. The van der Waals surface area contributed by atoms with Gasteiger partial charge >= 0.3 is 12.5 Å². The molecule has 0 amide bonds. The predicted octanol–water partition coefficient (Wildman–Crippen LogP) is 4.36. The molecule has 0 radical (unpaired) electrons. The highest BCUT2D eigenvalue weighted by Crippen LogP contribution is 2.31. The van der Waals surface area contributed by atoms with Crippen LogP contribution in [0.25, 0.3) is 0 Å². The molecule has 2 aromatic rings. The number of halogens is 5. The minimum Gasteiger partial charge on any atom is -0.406 e. The third-order valence-electron chi connectivity index (χ3n) is 3.25. The molecule has 2 rings (SSSR count). The van der Waals surface area contributed by atoms with Crippen LogP contribution in [0.4, 0.5) is 22.0 Å². The topological polar surface area (TPSA) is 38.7 Å². The molecule has 1 unspecified atom stereocenters. The van der Waals surface area contributed by atoms with E-state index in [1.165, 1.54) is 24.3 Å². The number of rotatable bonds is 5. The number of hydrogen-bond acceptors (Lipinski definition) is 3. The summed E-state index contributed by atoms with van der Waals surface area (Å²) in [6.07, 6.45) is -9.43. The van der Waals surface area contributed by atoms with Gasteiger partial charge in [0.05, 0.1) is 5.56 Å². The maximum atomic E-state index is 13.3. The Kier molecular flexibility index (Phi) is 5.10. The van der Waals surface area contributed by atoms with Gasteiger partial charge in [0.2, 0.25) is 0 Å². The molecule has 1 N–H and O–H groups in total. The molecule has 3 nitrogen and oxygen atoms in total. The molecule has 0 aliphatic heterocycles. The summed E-state index contributed by atoms with van der Waals surface area (Å²) < 4.78 is 70.7. The van der Waals surface area contributed by atoms with Crippen LogP contribution in [0.15, 0.2) is 48.5 Å². The molecule has 0 bridgehead atoms. The van der Waals surface area contributed by atoms with Gasteiger partial charge in [-0.3, -0.25) is 0 Å². The van der Waals surface area contributed by atoms with E-state index in [4.69, 9.17) is 0 Å². The van der Waals surface area contributed by atoms with Gasteiger partial charge in [0.25, 0.3) is 0 Å². The van der Waals surface area contributed by atoms with Crippen molar-refractivity contribution < 1.29 is 36.5 Å². The molecule has 130 valence electrons. The van der Waals surface area contributed by atoms with Crippen molar-refractivity contribution in [3.05, 3.63) is 65.2 Å². The van der Waals surface area contributed by atoms with Gasteiger partial charge in [-0.05, 0) is 35.4 Å². The third kappa shape index (κ3) is 4.42. The predicted molar refractivity (Wildman–Crippen MR) is 74.5 cm³/mol. The fourth-order valence-electron chi connectivity index (χ4n) is 2.02. The molecular weight excluding hydrogens is 335 g/mol. The summed E-state index contributed by atoms with van der Waals surface area (Å²) in [5.41, 5.74) is 0.209. The van der Waals surface area contributed by atoms with E-state index in [9.17, 15) is 27.1 Å². The Morgan fingerprint density at radius 2 is 1.29 bits per heavy atom. The van der Waals surface area contributed by atoms with Crippen molar-refractivity contribution in [3.8, 4) is 5.75 Å². The number of methoxy groups -OCH3 is 1. The Balaban J connectivity index is 2.15. The summed E-state index contributed by atoms with van der Waals surface area (Å²) in [4.78, 5) is 0. The molecule has 0 spiro atoms. The fraction of sp³-hybridized carbons (Fsp3) is 0.250. The summed E-state index contributed by atoms with van der Waals surface area (Å²) in [5, 5.41) is 10.2. The highest BCUT2D eigenvalue weighted by molar-refractivity contribution is 5.35. The molecule has 0 saturated heterocycles. The first-order valence-corrected chi connectivity index (χ1v) is 6.69. The standard InChI is InChI=1S/C16H13F5O3/c1-23-15(17,18)12-6-2-10(3-7-12)14(22)11-4-8-13(9-5-11)24-16(19,20)21/h2-9,14,22H,1H3. The molecule has 24 heavy (non-hydrogen) atoms. The first-order chi connectivity index (χ1) is 11.1. The van der Waals surface area contributed by atoms with Crippen LogP contribution >= 0.6 is 0 Å². The van der Waals surface area contributed by atoms with Crippen LogP contribution in [0, 0.1) is 0 Å². The van der Waals surface area contributed by atoms with Gasteiger partial charge in [0.15, 0.2) is 0 Å². The minimum absolute atomic E-state index is 0.288.